The van der Waals surface area contributed by atoms with Gasteiger partial charge < -0.3 is 10.3 Å². The molecule has 0 radical (unpaired) electrons. The maximum absolute atomic E-state index is 5.86. The molecule has 3 nitrogen and oxygen atoms in total. The Kier molecular flexibility index (Phi) is 4.46. The van der Waals surface area contributed by atoms with E-state index in [9.17, 15) is 0 Å². The number of benzene rings is 1. The van der Waals surface area contributed by atoms with Gasteiger partial charge in [0.2, 0.25) is 0 Å². The Morgan fingerprint density at radius 1 is 1.26 bits per heavy atom. The normalized spacial score (nSPS) is 13.0. The molecule has 1 aromatic carbocycles. The molecule has 2 N–H and O–H groups in total. The Labute approximate surface area is 115 Å². The maximum atomic E-state index is 5.86. The summed E-state index contributed by atoms with van der Waals surface area (Å²) in [6.07, 6.45) is 5.88. The summed E-state index contributed by atoms with van der Waals surface area (Å²) in [7, 11) is 0. The molecule has 3 heteroatoms. The van der Waals surface area contributed by atoms with Crippen LogP contribution in [0.5, 0.6) is 0 Å². The van der Waals surface area contributed by atoms with Crippen molar-refractivity contribution >= 4 is 16.7 Å². The summed E-state index contributed by atoms with van der Waals surface area (Å²) in [5, 5.41) is 0. The molecule has 2 rings (SSSR count). The first-order chi connectivity index (χ1) is 9.17. The minimum Gasteiger partial charge on any atom is -0.399 e. The highest BCUT2D eigenvalue weighted by molar-refractivity contribution is 5.79. The highest BCUT2D eigenvalue weighted by Gasteiger charge is 2.15. The van der Waals surface area contributed by atoms with Crippen LogP contribution in [0.15, 0.2) is 18.2 Å². The average Bonchev–Trinajstić information content (AvgIpc) is 2.73. The molecule has 2 aromatic rings. The van der Waals surface area contributed by atoms with Crippen molar-refractivity contribution in [3.8, 4) is 0 Å². The van der Waals surface area contributed by atoms with Gasteiger partial charge in [0.1, 0.15) is 5.82 Å². The number of fused-ring (bicyclic) bond motifs is 1. The molecular weight excluding hydrogens is 234 g/mol. The van der Waals surface area contributed by atoms with Gasteiger partial charge in [-0.3, -0.25) is 0 Å². The first-order valence-corrected chi connectivity index (χ1v) is 7.43. The summed E-state index contributed by atoms with van der Waals surface area (Å²) in [5.41, 5.74) is 8.91. The number of imidazole rings is 1. The van der Waals surface area contributed by atoms with Gasteiger partial charge in [0.25, 0.3) is 0 Å². The van der Waals surface area contributed by atoms with Crippen LogP contribution < -0.4 is 5.73 Å². The Hall–Kier alpha value is -1.51. The van der Waals surface area contributed by atoms with E-state index >= 15 is 0 Å². The summed E-state index contributed by atoms with van der Waals surface area (Å²) in [4.78, 5) is 4.78. The van der Waals surface area contributed by atoms with E-state index in [-0.39, 0.29) is 0 Å². The maximum Gasteiger partial charge on any atom is 0.110 e. The van der Waals surface area contributed by atoms with E-state index in [4.69, 9.17) is 10.7 Å². The van der Waals surface area contributed by atoms with Crippen LogP contribution in [0.3, 0.4) is 0 Å². The number of unbranched alkanes of at least 4 members (excludes halogenated alkanes) is 1. The third-order valence-electron chi connectivity index (χ3n) is 3.68. The summed E-state index contributed by atoms with van der Waals surface area (Å²) in [6.45, 7) is 6.74. The first-order valence-electron chi connectivity index (χ1n) is 7.43. The van der Waals surface area contributed by atoms with Gasteiger partial charge in [-0.1, -0.05) is 26.7 Å². The Balaban J connectivity index is 2.45. The average molecular weight is 259 g/mol. The zero-order valence-corrected chi connectivity index (χ0v) is 12.3. The lowest BCUT2D eigenvalue weighted by Gasteiger charge is -2.17. The topological polar surface area (TPSA) is 43.8 Å². The molecule has 0 fully saturated rings. The fraction of sp³-hybridized carbons (Fsp3) is 0.562. The predicted octanol–water partition coefficient (Wildman–Crippen LogP) is 4.32. The molecule has 1 unspecified atom stereocenters. The van der Waals surface area contributed by atoms with E-state index in [1.54, 1.807) is 0 Å². The molecule has 1 heterocycles. The standard InChI is InChI=1S/C16H25N3/c1-4-6-8-12(3)19-15-10-9-13(17)11-14(15)18-16(19)7-5-2/h9-12H,4-8,17H2,1-3H3. The number of nitrogens with two attached hydrogens (primary N) is 1. The van der Waals surface area contributed by atoms with E-state index < -0.39 is 0 Å². The Morgan fingerprint density at radius 3 is 2.74 bits per heavy atom. The van der Waals surface area contributed by atoms with Crippen LogP contribution in [-0.2, 0) is 6.42 Å². The highest BCUT2D eigenvalue weighted by atomic mass is 15.1. The molecule has 0 saturated carbocycles. The molecule has 0 saturated heterocycles. The zero-order valence-electron chi connectivity index (χ0n) is 12.3. The molecule has 0 bridgehead atoms. The van der Waals surface area contributed by atoms with Crippen molar-refractivity contribution in [3.05, 3.63) is 24.0 Å². The number of aryl methyl sites for hydroxylation is 1. The fourth-order valence-electron chi connectivity index (χ4n) is 2.69. The molecule has 0 aliphatic heterocycles. The number of aromatic nitrogens is 2. The van der Waals surface area contributed by atoms with Crippen LogP contribution in [0.2, 0.25) is 0 Å². The molecule has 19 heavy (non-hydrogen) atoms. The van der Waals surface area contributed by atoms with Gasteiger partial charge in [0.05, 0.1) is 11.0 Å². The molecule has 0 spiro atoms. The van der Waals surface area contributed by atoms with Gasteiger partial charge in [-0.15, -0.1) is 0 Å². The van der Waals surface area contributed by atoms with Crippen LogP contribution in [-0.4, -0.2) is 9.55 Å². The third kappa shape index (κ3) is 2.91. The Bertz CT molecular complexity index is 542. The predicted molar refractivity (Wildman–Crippen MR) is 82.4 cm³/mol. The van der Waals surface area contributed by atoms with Crippen LogP contribution in [0.1, 0.15) is 58.3 Å². The number of rotatable bonds is 6. The van der Waals surface area contributed by atoms with Crippen molar-refractivity contribution in [2.45, 2.75) is 58.9 Å². The lowest BCUT2D eigenvalue weighted by atomic mass is 10.1. The van der Waals surface area contributed by atoms with Gasteiger partial charge >= 0.3 is 0 Å². The summed E-state index contributed by atoms with van der Waals surface area (Å²) < 4.78 is 2.41. The molecule has 0 aliphatic rings. The van der Waals surface area contributed by atoms with Crippen LogP contribution in [0.4, 0.5) is 5.69 Å². The zero-order chi connectivity index (χ0) is 13.8. The van der Waals surface area contributed by atoms with Crippen LogP contribution in [0.25, 0.3) is 11.0 Å². The van der Waals surface area contributed by atoms with Gasteiger partial charge in [0.15, 0.2) is 0 Å². The fourth-order valence-corrected chi connectivity index (χ4v) is 2.69. The molecule has 1 aromatic heterocycles. The highest BCUT2D eigenvalue weighted by Crippen LogP contribution is 2.26. The molecule has 0 aliphatic carbocycles. The smallest absolute Gasteiger partial charge is 0.110 e. The first kappa shape index (κ1) is 13.9. The van der Waals surface area contributed by atoms with E-state index in [1.165, 1.54) is 30.6 Å². The minimum atomic E-state index is 0.509. The number of hydrogen-bond donors (Lipinski definition) is 1. The number of nitrogens with zero attached hydrogens (tertiary/aromatic N) is 2. The van der Waals surface area contributed by atoms with Crippen LogP contribution in [0, 0.1) is 0 Å². The lowest BCUT2D eigenvalue weighted by molar-refractivity contribution is 0.479. The minimum absolute atomic E-state index is 0.509. The second-order valence-corrected chi connectivity index (χ2v) is 5.39. The van der Waals surface area contributed by atoms with Gasteiger partial charge in [-0.2, -0.15) is 0 Å². The van der Waals surface area contributed by atoms with Crippen molar-refractivity contribution in [2.75, 3.05) is 5.73 Å². The molecule has 104 valence electrons. The molecular formula is C16H25N3. The van der Waals surface area contributed by atoms with Crippen molar-refractivity contribution < 1.29 is 0 Å². The largest absolute Gasteiger partial charge is 0.399 e. The summed E-state index contributed by atoms with van der Waals surface area (Å²) in [5.74, 6) is 1.20. The van der Waals surface area contributed by atoms with Gasteiger partial charge in [-0.25, -0.2) is 4.98 Å². The number of nitrogen functional groups attached to an aromatic ring is 1. The van der Waals surface area contributed by atoms with Crippen LogP contribution >= 0.6 is 0 Å². The molecule has 1 atom stereocenters. The van der Waals surface area contributed by atoms with Crippen molar-refractivity contribution in [1.29, 1.82) is 0 Å². The third-order valence-corrected chi connectivity index (χ3v) is 3.68. The van der Waals surface area contributed by atoms with Crippen molar-refractivity contribution in [3.63, 3.8) is 0 Å². The van der Waals surface area contributed by atoms with Crippen molar-refractivity contribution in [1.82, 2.24) is 9.55 Å². The number of anilines is 1. The second kappa shape index (κ2) is 6.09. The van der Waals surface area contributed by atoms with Crippen molar-refractivity contribution in [2.24, 2.45) is 0 Å². The van der Waals surface area contributed by atoms with E-state index in [0.717, 1.165) is 24.0 Å². The monoisotopic (exact) mass is 259 g/mol. The second-order valence-electron chi connectivity index (χ2n) is 5.39. The summed E-state index contributed by atoms with van der Waals surface area (Å²) >= 11 is 0. The lowest BCUT2D eigenvalue weighted by Crippen LogP contribution is -2.09. The molecule has 0 amide bonds. The number of hydrogen-bond acceptors (Lipinski definition) is 2. The van der Waals surface area contributed by atoms with E-state index in [2.05, 4.69) is 31.4 Å². The van der Waals surface area contributed by atoms with Gasteiger partial charge in [-0.05, 0) is 38.0 Å². The van der Waals surface area contributed by atoms with Gasteiger partial charge in [0, 0.05) is 18.2 Å². The quantitative estimate of drug-likeness (QED) is 0.785. The van der Waals surface area contributed by atoms with E-state index in [0.29, 0.717) is 6.04 Å². The van der Waals surface area contributed by atoms with E-state index in [1.807, 2.05) is 12.1 Å². The summed E-state index contributed by atoms with van der Waals surface area (Å²) in [6, 6.07) is 6.58. The Morgan fingerprint density at radius 2 is 2.05 bits per heavy atom. The SMILES string of the molecule is CCCCC(C)n1c(CCC)nc2cc(N)ccc21.